The number of carbonyl (C=O) groups is 1. The number of rotatable bonds is 4. The zero-order chi connectivity index (χ0) is 20.6. The van der Waals surface area contributed by atoms with Crippen molar-refractivity contribution in [2.24, 2.45) is 20.0 Å². The van der Waals surface area contributed by atoms with E-state index >= 15 is 0 Å². The molecular weight excluding hydrogens is 386 g/mol. The van der Waals surface area contributed by atoms with Crippen LogP contribution in [0.5, 0.6) is 0 Å². The summed E-state index contributed by atoms with van der Waals surface area (Å²) in [5.41, 5.74) is -0.620. The number of esters is 1. The summed E-state index contributed by atoms with van der Waals surface area (Å²) in [5, 5.41) is 0. The molecule has 2 heterocycles. The summed E-state index contributed by atoms with van der Waals surface area (Å²) in [6, 6.07) is 4.31. The summed E-state index contributed by atoms with van der Waals surface area (Å²) in [6.45, 7) is 2.33. The SMILES string of the molecule is CCOC(=O)C1CCCN(S(=O)(=O)c2ccc3c(c2)n(C)c(=O)c(=O)n3C)C1. The summed E-state index contributed by atoms with van der Waals surface area (Å²) in [4.78, 5) is 36.0. The van der Waals surface area contributed by atoms with E-state index in [-0.39, 0.29) is 18.0 Å². The molecule has 1 unspecified atom stereocenters. The lowest BCUT2D eigenvalue weighted by atomic mass is 10.0. The number of benzene rings is 1. The third-order valence-corrected chi connectivity index (χ3v) is 6.96. The summed E-state index contributed by atoms with van der Waals surface area (Å²) < 4.78 is 34.9. The maximum absolute atomic E-state index is 13.1. The van der Waals surface area contributed by atoms with Crippen LogP contribution < -0.4 is 11.1 Å². The molecule has 9 nitrogen and oxygen atoms in total. The lowest BCUT2D eigenvalue weighted by Crippen LogP contribution is -2.43. The monoisotopic (exact) mass is 409 g/mol. The van der Waals surface area contributed by atoms with E-state index in [1.54, 1.807) is 6.92 Å². The molecule has 1 saturated heterocycles. The number of sulfonamides is 1. The van der Waals surface area contributed by atoms with Crippen LogP contribution >= 0.6 is 0 Å². The first-order chi connectivity index (χ1) is 13.2. The normalized spacial score (nSPS) is 18.3. The van der Waals surface area contributed by atoms with Crippen LogP contribution in [0.15, 0.2) is 32.7 Å². The number of ether oxygens (including phenoxy) is 1. The van der Waals surface area contributed by atoms with Crippen LogP contribution in [0.3, 0.4) is 0 Å². The van der Waals surface area contributed by atoms with Crippen LogP contribution in [0.25, 0.3) is 11.0 Å². The van der Waals surface area contributed by atoms with Crippen molar-refractivity contribution < 1.29 is 17.9 Å². The van der Waals surface area contributed by atoms with Crippen LogP contribution in [-0.4, -0.2) is 47.5 Å². The average molecular weight is 409 g/mol. The Kier molecular flexibility index (Phi) is 5.44. The lowest BCUT2D eigenvalue weighted by molar-refractivity contribution is -0.149. The predicted molar refractivity (Wildman–Crippen MR) is 103 cm³/mol. The van der Waals surface area contributed by atoms with Gasteiger partial charge in [-0.25, -0.2) is 8.42 Å². The molecule has 1 fully saturated rings. The molecule has 0 spiro atoms. The highest BCUT2D eigenvalue weighted by atomic mass is 32.2. The molecule has 0 N–H and O–H groups in total. The molecule has 1 atom stereocenters. The van der Waals surface area contributed by atoms with Crippen molar-refractivity contribution in [2.45, 2.75) is 24.7 Å². The van der Waals surface area contributed by atoms with Gasteiger partial charge < -0.3 is 13.9 Å². The fourth-order valence-electron chi connectivity index (χ4n) is 3.48. The topological polar surface area (TPSA) is 108 Å². The van der Waals surface area contributed by atoms with Crippen molar-refractivity contribution in [3.05, 3.63) is 38.9 Å². The molecule has 2 aromatic rings. The first-order valence-electron chi connectivity index (χ1n) is 9.05. The first-order valence-corrected chi connectivity index (χ1v) is 10.5. The highest BCUT2D eigenvalue weighted by Gasteiger charge is 2.34. The van der Waals surface area contributed by atoms with Crippen LogP contribution in [0, 0.1) is 5.92 Å². The minimum absolute atomic E-state index is 0.0122. The van der Waals surface area contributed by atoms with E-state index in [0.717, 1.165) is 4.57 Å². The van der Waals surface area contributed by atoms with Crippen molar-refractivity contribution in [1.29, 1.82) is 0 Å². The van der Waals surface area contributed by atoms with Gasteiger partial charge in [0.15, 0.2) is 0 Å². The van der Waals surface area contributed by atoms with E-state index in [9.17, 15) is 22.8 Å². The molecule has 1 aliphatic rings. The van der Waals surface area contributed by atoms with Gasteiger partial charge in [-0.2, -0.15) is 4.31 Å². The van der Waals surface area contributed by atoms with Gasteiger partial charge >= 0.3 is 17.1 Å². The van der Waals surface area contributed by atoms with E-state index in [1.165, 1.54) is 41.2 Å². The lowest BCUT2D eigenvalue weighted by Gasteiger charge is -2.30. The largest absolute Gasteiger partial charge is 0.466 e. The van der Waals surface area contributed by atoms with Crippen LogP contribution in [-0.2, 0) is 33.7 Å². The number of piperidine rings is 1. The Bertz CT molecular complexity index is 1150. The van der Waals surface area contributed by atoms with Gasteiger partial charge in [-0.1, -0.05) is 0 Å². The average Bonchev–Trinajstić information content (AvgIpc) is 2.70. The van der Waals surface area contributed by atoms with E-state index in [0.29, 0.717) is 30.4 Å². The number of hydrogen-bond donors (Lipinski definition) is 0. The van der Waals surface area contributed by atoms with Gasteiger partial charge in [0.25, 0.3) is 0 Å². The highest BCUT2D eigenvalue weighted by molar-refractivity contribution is 7.89. The van der Waals surface area contributed by atoms with Crippen LogP contribution in [0.2, 0.25) is 0 Å². The van der Waals surface area contributed by atoms with Gasteiger partial charge in [0.05, 0.1) is 28.5 Å². The zero-order valence-electron chi connectivity index (χ0n) is 16.0. The molecule has 10 heteroatoms. The summed E-state index contributed by atoms with van der Waals surface area (Å²) in [5.74, 6) is -0.882. The molecule has 1 aromatic heterocycles. The fraction of sp³-hybridized carbons (Fsp3) is 0.500. The molecule has 152 valence electrons. The minimum atomic E-state index is -3.86. The second kappa shape index (κ2) is 7.51. The Morgan fingerprint density at radius 2 is 1.79 bits per heavy atom. The van der Waals surface area contributed by atoms with E-state index in [2.05, 4.69) is 0 Å². The number of carbonyl (C=O) groups excluding carboxylic acids is 1. The second-order valence-corrected chi connectivity index (χ2v) is 8.77. The van der Waals surface area contributed by atoms with E-state index in [1.807, 2.05) is 0 Å². The smallest absolute Gasteiger partial charge is 0.316 e. The molecule has 0 saturated carbocycles. The van der Waals surface area contributed by atoms with Crippen molar-refractivity contribution in [1.82, 2.24) is 13.4 Å². The standard InChI is InChI=1S/C18H23N3O6S/c1-4-27-18(24)12-6-5-9-21(11-12)28(25,26)13-7-8-14-15(10-13)20(3)17(23)16(22)19(14)2/h7-8,10,12H,4-6,9,11H2,1-3H3. The predicted octanol–water partition coefficient (Wildman–Crippen LogP) is 0.201. The number of aromatic nitrogens is 2. The second-order valence-electron chi connectivity index (χ2n) is 6.83. The molecule has 3 rings (SSSR count). The van der Waals surface area contributed by atoms with Gasteiger partial charge in [0.1, 0.15) is 0 Å². The molecule has 0 aliphatic carbocycles. The Hall–Kier alpha value is -2.46. The van der Waals surface area contributed by atoms with E-state index < -0.39 is 33.0 Å². The summed E-state index contributed by atoms with van der Waals surface area (Å²) in [6.07, 6.45) is 1.14. The van der Waals surface area contributed by atoms with Gasteiger partial charge in [-0.05, 0) is 38.0 Å². The maximum Gasteiger partial charge on any atom is 0.316 e. The first kappa shape index (κ1) is 20.3. The molecule has 28 heavy (non-hydrogen) atoms. The quantitative estimate of drug-likeness (QED) is 0.527. The molecule has 1 aliphatic heterocycles. The Morgan fingerprint density at radius 1 is 1.14 bits per heavy atom. The minimum Gasteiger partial charge on any atom is -0.466 e. The van der Waals surface area contributed by atoms with Crippen molar-refractivity contribution in [3.63, 3.8) is 0 Å². The Morgan fingerprint density at radius 3 is 2.43 bits per heavy atom. The van der Waals surface area contributed by atoms with E-state index in [4.69, 9.17) is 4.74 Å². The molecular formula is C18H23N3O6S. The molecule has 0 radical (unpaired) electrons. The number of nitrogens with zero attached hydrogens (tertiary/aromatic N) is 3. The third-order valence-electron chi connectivity index (χ3n) is 5.10. The summed E-state index contributed by atoms with van der Waals surface area (Å²) >= 11 is 0. The van der Waals surface area contributed by atoms with Crippen molar-refractivity contribution in [2.75, 3.05) is 19.7 Å². The number of fused-ring (bicyclic) bond motifs is 1. The van der Waals surface area contributed by atoms with Gasteiger partial charge in [0, 0.05) is 27.2 Å². The number of hydrogen-bond acceptors (Lipinski definition) is 6. The zero-order valence-corrected chi connectivity index (χ0v) is 16.9. The van der Waals surface area contributed by atoms with Gasteiger partial charge in [0.2, 0.25) is 10.0 Å². The summed E-state index contributed by atoms with van der Waals surface area (Å²) in [7, 11) is -0.967. The van der Waals surface area contributed by atoms with Crippen molar-refractivity contribution >= 4 is 27.0 Å². The highest BCUT2D eigenvalue weighted by Crippen LogP contribution is 2.26. The third kappa shape index (κ3) is 3.37. The number of aryl methyl sites for hydroxylation is 2. The van der Waals surface area contributed by atoms with Crippen molar-refractivity contribution in [3.8, 4) is 0 Å². The fourth-order valence-corrected chi connectivity index (χ4v) is 5.03. The Labute approximate surface area is 162 Å². The molecule has 1 aromatic carbocycles. The molecule has 0 amide bonds. The Balaban J connectivity index is 2.02. The van der Waals surface area contributed by atoms with Crippen LogP contribution in [0.4, 0.5) is 0 Å². The van der Waals surface area contributed by atoms with Gasteiger partial charge in [-0.15, -0.1) is 0 Å². The van der Waals surface area contributed by atoms with Crippen LogP contribution in [0.1, 0.15) is 19.8 Å². The maximum atomic E-state index is 13.1. The molecule has 0 bridgehead atoms. The van der Waals surface area contributed by atoms with Gasteiger partial charge in [-0.3, -0.25) is 14.4 Å².